The van der Waals surface area contributed by atoms with E-state index in [0.29, 0.717) is 29.0 Å². The summed E-state index contributed by atoms with van der Waals surface area (Å²) in [7, 11) is 2.95. The summed E-state index contributed by atoms with van der Waals surface area (Å²) in [6.45, 7) is 0.249. The summed E-state index contributed by atoms with van der Waals surface area (Å²) >= 11 is 0. The molecule has 0 bridgehead atoms. The lowest BCUT2D eigenvalue weighted by atomic mass is 10.1. The molecule has 2 aromatic rings. The maximum absolute atomic E-state index is 12.9. The first-order valence-corrected chi connectivity index (χ1v) is 7.49. The van der Waals surface area contributed by atoms with Gasteiger partial charge in [0, 0.05) is 6.54 Å². The van der Waals surface area contributed by atoms with Gasteiger partial charge in [-0.25, -0.2) is 4.39 Å². The lowest BCUT2D eigenvalue weighted by molar-refractivity contribution is 0.0936. The zero-order valence-electron chi connectivity index (χ0n) is 13.6. The molecule has 2 aromatic carbocycles. The fourth-order valence-corrected chi connectivity index (χ4v) is 2.34. The summed E-state index contributed by atoms with van der Waals surface area (Å²) in [5.74, 6) is 0.106. The van der Waals surface area contributed by atoms with Crippen LogP contribution in [0.1, 0.15) is 28.4 Å². The smallest absolute Gasteiger partial charge is 0.258 e. The maximum Gasteiger partial charge on any atom is 0.258 e. The molecule has 2 rings (SSSR count). The number of hydrogen-bond acceptors (Lipinski definition) is 4. The minimum absolute atomic E-state index is 0.249. The summed E-state index contributed by atoms with van der Waals surface area (Å²) in [5.41, 5.74) is 0.902. The van der Waals surface area contributed by atoms with E-state index in [-0.39, 0.29) is 18.3 Å². The molecule has 0 aliphatic carbocycles. The Balaban J connectivity index is 1.97. The van der Waals surface area contributed by atoms with Gasteiger partial charge >= 0.3 is 0 Å². The number of aliphatic hydroxyl groups is 1. The van der Waals surface area contributed by atoms with Crippen LogP contribution < -0.4 is 14.8 Å². The average Bonchev–Trinajstić information content (AvgIpc) is 2.61. The molecular formula is C18H20FNO4. The molecule has 0 heterocycles. The molecule has 24 heavy (non-hydrogen) atoms. The van der Waals surface area contributed by atoms with E-state index in [1.807, 2.05) is 0 Å². The van der Waals surface area contributed by atoms with Gasteiger partial charge in [-0.3, -0.25) is 4.79 Å². The molecule has 0 aliphatic rings. The van der Waals surface area contributed by atoms with Gasteiger partial charge in [-0.2, -0.15) is 0 Å². The highest BCUT2D eigenvalue weighted by atomic mass is 19.1. The van der Waals surface area contributed by atoms with Crippen molar-refractivity contribution in [3.8, 4) is 11.5 Å². The first-order chi connectivity index (χ1) is 11.6. The number of aliphatic hydroxyl groups excluding tert-OH is 1. The van der Waals surface area contributed by atoms with Crippen LogP contribution in [-0.2, 0) is 0 Å². The van der Waals surface area contributed by atoms with E-state index in [4.69, 9.17) is 9.47 Å². The summed E-state index contributed by atoms with van der Waals surface area (Å²) in [5, 5.41) is 12.8. The van der Waals surface area contributed by atoms with E-state index in [9.17, 15) is 14.3 Å². The third-order valence-corrected chi connectivity index (χ3v) is 3.61. The second-order valence-corrected chi connectivity index (χ2v) is 5.15. The molecule has 5 nitrogen and oxygen atoms in total. The number of methoxy groups -OCH3 is 2. The Hall–Kier alpha value is -2.60. The third kappa shape index (κ3) is 4.23. The molecule has 0 aromatic heterocycles. The zero-order valence-corrected chi connectivity index (χ0v) is 13.6. The molecule has 2 N–H and O–H groups in total. The highest BCUT2D eigenvalue weighted by Crippen LogP contribution is 2.28. The molecule has 6 heteroatoms. The van der Waals surface area contributed by atoms with Crippen molar-refractivity contribution in [2.24, 2.45) is 0 Å². The number of carbonyl (C=O) groups excluding carboxylic acids is 1. The predicted molar refractivity (Wildman–Crippen MR) is 87.9 cm³/mol. The second kappa shape index (κ2) is 8.31. The van der Waals surface area contributed by atoms with Gasteiger partial charge in [0.15, 0.2) is 0 Å². The second-order valence-electron chi connectivity index (χ2n) is 5.15. The molecule has 1 unspecified atom stereocenters. The molecule has 0 spiro atoms. The Labute approximate surface area is 140 Å². The van der Waals surface area contributed by atoms with Crippen molar-refractivity contribution < 1.29 is 23.8 Å². The van der Waals surface area contributed by atoms with Crippen molar-refractivity contribution >= 4 is 5.91 Å². The number of hydrogen-bond donors (Lipinski definition) is 2. The fraction of sp³-hybridized carbons (Fsp3) is 0.278. The Bertz CT molecular complexity index is 666. The van der Waals surface area contributed by atoms with Gasteiger partial charge in [0.2, 0.25) is 0 Å². The molecule has 0 aliphatic heterocycles. The van der Waals surface area contributed by atoms with Crippen LogP contribution >= 0.6 is 0 Å². The highest BCUT2D eigenvalue weighted by Gasteiger charge is 2.18. The molecule has 1 amide bonds. The molecule has 0 saturated heterocycles. The van der Waals surface area contributed by atoms with Crippen LogP contribution in [0.4, 0.5) is 4.39 Å². The van der Waals surface area contributed by atoms with Gasteiger partial charge in [0.25, 0.3) is 5.91 Å². The normalized spacial score (nSPS) is 11.7. The van der Waals surface area contributed by atoms with E-state index < -0.39 is 6.10 Å². The topological polar surface area (TPSA) is 67.8 Å². The van der Waals surface area contributed by atoms with Crippen LogP contribution in [0.15, 0.2) is 42.5 Å². The number of carbonyl (C=O) groups is 1. The largest absolute Gasteiger partial charge is 0.496 e. The number of ether oxygens (including phenoxy) is 2. The molecular weight excluding hydrogens is 313 g/mol. The summed E-state index contributed by atoms with van der Waals surface area (Å²) < 4.78 is 23.3. The first-order valence-electron chi connectivity index (χ1n) is 7.49. The Kier molecular flexibility index (Phi) is 6.14. The van der Waals surface area contributed by atoms with Crippen LogP contribution in [-0.4, -0.2) is 31.8 Å². The van der Waals surface area contributed by atoms with E-state index in [0.717, 1.165) is 0 Å². The molecule has 0 saturated carbocycles. The van der Waals surface area contributed by atoms with Crippen LogP contribution in [0.3, 0.4) is 0 Å². The van der Waals surface area contributed by atoms with E-state index in [2.05, 4.69) is 5.32 Å². The van der Waals surface area contributed by atoms with Gasteiger partial charge in [-0.05, 0) is 36.2 Å². The Morgan fingerprint density at radius 2 is 1.71 bits per heavy atom. The number of nitrogens with one attached hydrogen (secondary N) is 1. The van der Waals surface area contributed by atoms with Crippen LogP contribution in [0.5, 0.6) is 11.5 Å². The third-order valence-electron chi connectivity index (χ3n) is 3.61. The van der Waals surface area contributed by atoms with Crippen molar-refractivity contribution in [3.05, 3.63) is 59.4 Å². The molecule has 1 atom stereocenters. The van der Waals surface area contributed by atoms with Gasteiger partial charge in [-0.15, -0.1) is 0 Å². The van der Waals surface area contributed by atoms with Gasteiger partial charge in [0.1, 0.15) is 22.9 Å². The van der Waals surface area contributed by atoms with Gasteiger partial charge in [-0.1, -0.05) is 18.2 Å². The van der Waals surface area contributed by atoms with Gasteiger partial charge in [0.05, 0.1) is 20.3 Å². The lowest BCUT2D eigenvalue weighted by Crippen LogP contribution is -2.26. The van der Waals surface area contributed by atoms with E-state index in [1.165, 1.54) is 38.5 Å². The molecule has 128 valence electrons. The zero-order chi connectivity index (χ0) is 17.5. The molecule has 0 radical (unpaired) electrons. The first kappa shape index (κ1) is 17.7. The van der Waals surface area contributed by atoms with Crippen molar-refractivity contribution in [1.82, 2.24) is 5.32 Å². The van der Waals surface area contributed by atoms with Crippen molar-refractivity contribution in [3.63, 3.8) is 0 Å². The van der Waals surface area contributed by atoms with Crippen LogP contribution in [0.2, 0.25) is 0 Å². The monoisotopic (exact) mass is 333 g/mol. The number of benzene rings is 2. The highest BCUT2D eigenvalue weighted by molar-refractivity contribution is 5.99. The maximum atomic E-state index is 12.9. The Morgan fingerprint density at radius 3 is 2.25 bits per heavy atom. The fourth-order valence-electron chi connectivity index (χ4n) is 2.34. The van der Waals surface area contributed by atoms with Crippen LogP contribution in [0, 0.1) is 5.82 Å². The Morgan fingerprint density at radius 1 is 1.12 bits per heavy atom. The van der Waals surface area contributed by atoms with Crippen molar-refractivity contribution in [1.29, 1.82) is 0 Å². The van der Waals surface area contributed by atoms with Gasteiger partial charge < -0.3 is 19.9 Å². The van der Waals surface area contributed by atoms with E-state index >= 15 is 0 Å². The minimum atomic E-state index is -0.787. The lowest BCUT2D eigenvalue weighted by Gasteiger charge is -2.14. The minimum Gasteiger partial charge on any atom is -0.496 e. The predicted octanol–water partition coefficient (Wildman–Crippen LogP) is 2.70. The summed E-state index contributed by atoms with van der Waals surface area (Å²) in [6.07, 6.45) is -0.486. The summed E-state index contributed by atoms with van der Waals surface area (Å²) in [6, 6.07) is 10.7. The number of halogens is 1. The number of amides is 1. The SMILES string of the molecule is COc1cccc(OC)c1C(=O)NCCC(O)c1ccc(F)cc1. The number of rotatable bonds is 7. The summed E-state index contributed by atoms with van der Waals surface area (Å²) in [4.78, 5) is 12.4. The van der Waals surface area contributed by atoms with E-state index in [1.54, 1.807) is 18.2 Å². The van der Waals surface area contributed by atoms with Crippen LogP contribution in [0.25, 0.3) is 0 Å². The van der Waals surface area contributed by atoms with Crippen molar-refractivity contribution in [2.45, 2.75) is 12.5 Å². The molecule has 0 fully saturated rings. The average molecular weight is 333 g/mol. The standard InChI is InChI=1S/C18H20FNO4/c1-23-15-4-3-5-16(24-2)17(15)18(22)20-11-10-14(21)12-6-8-13(19)9-7-12/h3-9,14,21H,10-11H2,1-2H3,(H,20,22). The van der Waals surface area contributed by atoms with Crippen molar-refractivity contribution in [2.75, 3.05) is 20.8 Å². The quantitative estimate of drug-likeness (QED) is 0.817.